The second-order valence-corrected chi connectivity index (χ2v) is 3.01. The number of rotatable bonds is 2. The number of halogens is 3. The van der Waals surface area contributed by atoms with Gasteiger partial charge in [0.15, 0.2) is 0 Å². The van der Waals surface area contributed by atoms with Crippen LogP contribution < -0.4 is 5.73 Å². The third-order valence-corrected chi connectivity index (χ3v) is 1.76. The van der Waals surface area contributed by atoms with Crippen LogP contribution in [0.2, 0.25) is 0 Å². The van der Waals surface area contributed by atoms with Crippen molar-refractivity contribution in [3.05, 3.63) is 41.5 Å². The highest BCUT2D eigenvalue weighted by atomic mass is 19.4. The van der Waals surface area contributed by atoms with Crippen molar-refractivity contribution >= 4 is 11.7 Å². The first-order valence-corrected chi connectivity index (χ1v) is 4.18. The molecule has 16 heavy (non-hydrogen) atoms. The average Bonchev–Trinajstić information content (AvgIpc) is 2.15. The molecule has 0 aromatic heterocycles. The minimum atomic E-state index is -4.50. The summed E-state index contributed by atoms with van der Waals surface area (Å²) in [7, 11) is 0. The lowest BCUT2D eigenvalue weighted by molar-refractivity contribution is -0.137. The Balaban J connectivity index is 3.13. The van der Waals surface area contributed by atoms with Crippen LogP contribution in [0.1, 0.15) is 11.1 Å². The van der Waals surface area contributed by atoms with E-state index < -0.39 is 23.4 Å². The molecule has 0 aliphatic carbocycles. The van der Waals surface area contributed by atoms with Gasteiger partial charge in [0.25, 0.3) is 0 Å². The van der Waals surface area contributed by atoms with E-state index in [-0.39, 0.29) is 5.56 Å². The molecule has 0 fully saturated rings. The summed E-state index contributed by atoms with van der Waals surface area (Å²) >= 11 is 0. The van der Waals surface area contributed by atoms with Gasteiger partial charge in [0.2, 0.25) is 5.91 Å². The lowest BCUT2D eigenvalue weighted by Crippen LogP contribution is -2.08. The Kier molecular flexibility index (Phi) is 3.22. The fraction of sp³-hybridized carbons (Fsp3) is 0.100. The number of aliphatic hydroxyl groups is 1. The number of hydrogen-bond acceptors (Lipinski definition) is 2. The highest BCUT2D eigenvalue weighted by Gasteiger charge is 2.30. The van der Waals surface area contributed by atoms with Crippen molar-refractivity contribution in [3.63, 3.8) is 0 Å². The maximum atomic E-state index is 12.3. The van der Waals surface area contributed by atoms with Crippen LogP contribution in [0.15, 0.2) is 30.3 Å². The van der Waals surface area contributed by atoms with Crippen molar-refractivity contribution in [2.24, 2.45) is 5.73 Å². The van der Waals surface area contributed by atoms with Crippen molar-refractivity contribution in [3.8, 4) is 0 Å². The van der Waals surface area contributed by atoms with Gasteiger partial charge in [-0.05, 0) is 12.1 Å². The molecule has 1 amide bonds. The summed E-state index contributed by atoms with van der Waals surface area (Å²) in [4.78, 5) is 10.4. The van der Waals surface area contributed by atoms with Crippen LogP contribution in [-0.2, 0) is 11.0 Å². The molecule has 1 aromatic carbocycles. The number of aliphatic hydroxyl groups excluding tert-OH is 1. The number of alkyl halides is 3. The molecule has 86 valence electrons. The third kappa shape index (κ3) is 3.01. The van der Waals surface area contributed by atoms with Gasteiger partial charge in [0.1, 0.15) is 5.76 Å². The van der Waals surface area contributed by atoms with Crippen LogP contribution in [0.5, 0.6) is 0 Å². The van der Waals surface area contributed by atoms with Gasteiger partial charge >= 0.3 is 6.18 Å². The van der Waals surface area contributed by atoms with Crippen molar-refractivity contribution in [2.45, 2.75) is 6.18 Å². The topological polar surface area (TPSA) is 63.3 Å². The van der Waals surface area contributed by atoms with Crippen LogP contribution >= 0.6 is 0 Å². The first-order valence-electron chi connectivity index (χ1n) is 4.18. The van der Waals surface area contributed by atoms with Gasteiger partial charge in [0, 0.05) is 11.6 Å². The molecule has 0 unspecified atom stereocenters. The van der Waals surface area contributed by atoms with Crippen LogP contribution in [0.3, 0.4) is 0 Å². The Morgan fingerprint density at radius 1 is 1.38 bits per heavy atom. The van der Waals surface area contributed by atoms with Gasteiger partial charge in [-0.15, -0.1) is 0 Å². The fourth-order valence-electron chi connectivity index (χ4n) is 1.07. The second-order valence-electron chi connectivity index (χ2n) is 3.01. The standard InChI is InChI=1S/C10H8F3NO2/c11-10(12,13)7-3-1-2-6(4-7)8(15)5-9(14)16/h1-5,15H,(H2,14,16)/b8-5-. The number of carbonyl (C=O) groups is 1. The Labute approximate surface area is 89.0 Å². The van der Waals surface area contributed by atoms with Gasteiger partial charge in [-0.2, -0.15) is 13.2 Å². The summed E-state index contributed by atoms with van der Waals surface area (Å²) < 4.78 is 36.9. The molecular weight excluding hydrogens is 223 g/mol. The van der Waals surface area contributed by atoms with E-state index in [1.165, 1.54) is 6.07 Å². The lowest BCUT2D eigenvalue weighted by atomic mass is 10.1. The number of hydrogen-bond donors (Lipinski definition) is 2. The Morgan fingerprint density at radius 2 is 2.00 bits per heavy atom. The quantitative estimate of drug-likeness (QED) is 0.604. The monoisotopic (exact) mass is 231 g/mol. The zero-order valence-electron chi connectivity index (χ0n) is 7.95. The fourth-order valence-corrected chi connectivity index (χ4v) is 1.07. The normalized spacial score (nSPS) is 12.6. The molecule has 6 heteroatoms. The molecule has 0 spiro atoms. The summed E-state index contributed by atoms with van der Waals surface area (Å²) in [6.07, 6.45) is -3.85. The van der Waals surface area contributed by atoms with E-state index in [4.69, 9.17) is 5.73 Å². The first kappa shape index (κ1) is 12.1. The van der Waals surface area contributed by atoms with E-state index in [2.05, 4.69) is 0 Å². The molecule has 3 nitrogen and oxygen atoms in total. The van der Waals surface area contributed by atoms with Crippen LogP contribution in [0, 0.1) is 0 Å². The Hall–Kier alpha value is -1.98. The third-order valence-electron chi connectivity index (χ3n) is 1.76. The van der Waals surface area contributed by atoms with Gasteiger partial charge in [-0.25, -0.2) is 0 Å². The molecule has 1 rings (SSSR count). The zero-order chi connectivity index (χ0) is 12.3. The summed E-state index contributed by atoms with van der Waals surface area (Å²) in [6, 6.07) is 3.96. The van der Waals surface area contributed by atoms with Crippen LogP contribution in [0.25, 0.3) is 5.76 Å². The smallest absolute Gasteiger partial charge is 0.416 e. The van der Waals surface area contributed by atoms with E-state index >= 15 is 0 Å². The highest BCUT2D eigenvalue weighted by Crippen LogP contribution is 2.30. The molecule has 0 saturated heterocycles. The maximum Gasteiger partial charge on any atom is 0.416 e. The van der Waals surface area contributed by atoms with E-state index in [0.717, 1.165) is 18.2 Å². The minimum absolute atomic E-state index is 0.117. The molecular formula is C10H8F3NO2. The summed E-state index contributed by atoms with van der Waals surface area (Å²) in [5.41, 5.74) is 3.73. The molecule has 3 N–H and O–H groups in total. The van der Waals surface area contributed by atoms with E-state index in [9.17, 15) is 23.1 Å². The molecule has 0 atom stereocenters. The Bertz CT molecular complexity index is 438. The Morgan fingerprint density at radius 3 is 2.50 bits per heavy atom. The predicted octanol–water partition coefficient (Wildman–Crippen LogP) is 2.09. The number of nitrogens with two attached hydrogens (primary N) is 1. The van der Waals surface area contributed by atoms with Crippen LogP contribution in [0.4, 0.5) is 13.2 Å². The van der Waals surface area contributed by atoms with Gasteiger partial charge in [-0.1, -0.05) is 12.1 Å². The summed E-state index contributed by atoms with van der Waals surface area (Å²) in [6.45, 7) is 0. The van der Waals surface area contributed by atoms with Crippen molar-refractivity contribution in [2.75, 3.05) is 0 Å². The number of carbonyl (C=O) groups excluding carboxylic acids is 1. The molecule has 0 aliphatic heterocycles. The molecule has 1 aromatic rings. The minimum Gasteiger partial charge on any atom is -0.507 e. The van der Waals surface area contributed by atoms with Gasteiger partial charge in [-0.3, -0.25) is 4.79 Å². The summed E-state index contributed by atoms with van der Waals surface area (Å²) in [5.74, 6) is -1.53. The number of amides is 1. The van der Waals surface area contributed by atoms with E-state index in [0.29, 0.717) is 6.08 Å². The first-order chi connectivity index (χ1) is 7.30. The summed E-state index contributed by atoms with van der Waals surface area (Å²) in [5, 5.41) is 9.27. The molecule has 0 saturated carbocycles. The SMILES string of the molecule is NC(=O)/C=C(\O)c1cccc(C(F)(F)F)c1. The van der Waals surface area contributed by atoms with Crippen molar-refractivity contribution in [1.29, 1.82) is 0 Å². The molecule has 0 aliphatic rings. The van der Waals surface area contributed by atoms with E-state index in [1.807, 2.05) is 0 Å². The van der Waals surface area contributed by atoms with Gasteiger partial charge in [0.05, 0.1) is 5.56 Å². The van der Waals surface area contributed by atoms with Crippen molar-refractivity contribution in [1.82, 2.24) is 0 Å². The molecule has 0 bridgehead atoms. The predicted molar refractivity (Wildman–Crippen MR) is 51.2 cm³/mol. The number of benzene rings is 1. The average molecular weight is 231 g/mol. The number of primary amides is 1. The largest absolute Gasteiger partial charge is 0.507 e. The zero-order valence-corrected chi connectivity index (χ0v) is 7.95. The molecule has 0 radical (unpaired) electrons. The maximum absolute atomic E-state index is 12.3. The van der Waals surface area contributed by atoms with Gasteiger partial charge < -0.3 is 10.8 Å². The van der Waals surface area contributed by atoms with Crippen LogP contribution in [-0.4, -0.2) is 11.0 Å². The highest BCUT2D eigenvalue weighted by molar-refractivity contribution is 5.92. The molecule has 0 heterocycles. The van der Waals surface area contributed by atoms with Crippen molar-refractivity contribution < 1.29 is 23.1 Å². The van der Waals surface area contributed by atoms with E-state index in [1.54, 1.807) is 0 Å². The second kappa shape index (κ2) is 4.26. The lowest BCUT2D eigenvalue weighted by Gasteiger charge is -2.07.